The van der Waals surface area contributed by atoms with Crippen LogP contribution in [0.25, 0.3) is 0 Å². The van der Waals surface area contributed by atoms with Crippen LogP contribution in [0.2, 0.25) is 0 Å². The number of nitrogens with one attached hydrogen (secondary N) is 2. The van der Waals surface area contributed by atoms with Gasteiger partial charge in [0.15, 0.2) is 0 Å². The van der Waals surface area contributed by atoms with Crippen LogP contribution in [0, 0.1) is 10.1 Å². The molecular weight excluding hydrogens is 370 g/mol. The molecule has 7 heteroatoms. The number of nitro groups is 1. The fraction of sp³-hybridized carbons (Fsp3) is 0.0909. The summed E-state index contributed by atoms with van der Waals surface area (Å²) >= 11 is 0. The molecule has 0 fully saturated rings. The second-order valence-electron chi connectivity index (χ2n) is 6.38. The highest BCUT2D eigenvalue weighted by Crippen LogP contribution is 2.16. The van der Waals surface area contributed by atoms with E-state index in [0.29, 0.717) is 17.7 Å². The van der Waals surface area contributed by atoms with Gasteiger partial charge in [-0.2, -0.15) is 0 Å². The number of hydrogen-bond donors (Lipinski definition) is 2. The van der Waals surface area contributed by atoms with E-state index in [9.17, 15) is 19.7 Å². The van der Waals surface area contributed by atoms with Gasteiger partial charge in [0, 0.05) is 29.8 Å². The lowest BCUT2D eigenvalue weighted by molar-refractivity contribution is -0.384. The Morgan fingerprint density at radius 2 is 1.45 bits per heavy atom. The van der Waals surface area contributed by atoms with Crippen molar-refractivity contribution >= 4 is 23.2 Å². The molecule has 0 aliphatic carbocycles. The average molecular weight is 389 g/mol. The van der Waals surface area contributed by atoms with E-state index < -0.39 is 16.9 Å². The Morgan fingerprint density at radius 3 is 2.03 bits per heavy atom. The molecule has 0 aliphatic heterocycles. The number of non-ortho nitro benzene ring substituents is 1. The molecule has 0 heterocycles. The van der Waals surface area contributed by atoms with Crippen LogP contribution in [0.15, 0.2) is 84.9 Å². The molecule has 0 radical (unpaired) electrons. The number of nitro benzene ring substituents is 1. The van der Waals surface area contributed by atoms with Gasteiger partial charge in [0.1, 0.15) is 6.04 Å². The fourth-order valence-electron chi connectivity index (χ4n) is 2.79. The zero-order valence-electron chi connectivity index (χ0n) is 15.4. The average Bonchev–Trinajstić information content (AvgIpc) is 2.75. The van der Waals surface area contributed by atoms with Gasteiger partial charge in [-0.15, -0.1) is 0 Å². The van der Waals surface area contributed by atoms with Crippen molar-refractivity contribution in [1.82, 2.24) is 5.32 Å². The third kappa shape index (κ3) is 5.49. The van der Waals surface area contributed by atoms with E-state index in [0.717, 1.165) is 5.56 Å². The number of rotatable bonds is 7. The van der Waals surface area contributed by atoms with Crippen LogP contribution in [0.3, 0.4) is 0 Å². The molecule has 3 rings (SSSR count). The zero-order valence-corrected chi connectivity index (χ0v) is 15.4. The molecule has 3 aromatic carbocycles. The molecule has 146 valence electrons. The molecule has 0 unspecified atom stereocenters. The Bertz CT molecular complexity index is 990. The summed E-state index contributed by atoms with van der Waals surface area (Å²) in [6, 6.07) is 22.7. The molecular formula is C22H19N3O4. The van der Waals surface area contributed by atoms with Crippen LogP contribution < -0.4 is 10.6 Å². The third-order valence-electron chi connectivity index (χ3n) is 4.29. The predicted octanol–water partition coefficient (Wildman–Crippen LogP) is 3.57. The number of carbonyl (C=O) groups excluding carboxylic acids is 2. The van der Waals surface area contributed by atoms with E-state index in [2.05, 4.69) is 10.6 Å². The first-order valence-corrected chi connectivity index (χ1v) is 8.98. The first-order valence-electron chi connectivity index (χ1n) is 8.98. The van der Waals surface area contributed by atoms with Gasteiger partial charge in [-0.05, 0) is 29.8 Å². The highest BCUT2D eigenvalue weighted by atomic mass is 16.6. The fourth-order valence-corrected chi connectivity index (χ4v) is 2.79. The molecule has 3 aromatic rings. The Hall–Kier alpha value is -4.00. The van der Waals surface area contributed by atoms with Gasteiger partial charge < -0.3 is 10.6 Å². The van der Waals surface area contributed by atoms with Crippen molar-refractivity contribution < 1.29 is 14.5 Å². The van der Waals surface area contributed by atoms with E-state index in [1.165, 1.54) is 24.3 Å². The van der Waals surface area contributed by atoms with Crippen molar-refractivity contribution in [3.8, 4) is 0 Å². The van der Waals surface area contributed by atoms with Gasteiger partial charge in [-0.3, -0.25) is 19.7 Å². The minimum absolute atomic E-state index is 0.0683. The smallest absolute Gasteiger partial charge is 0.269 e. The van der Waals surface area contributed by atoms with Gasteiger partial charge >= 0.3 is 0 Å². The maximum Gasteiger partial charge on any atom is 0.269 e. The van der Waals surface area contributed by atoms with Crippen molar-refractivity contribution in [2.45, 2.75) is 12.5 Å². The molecule has 0 bridgehead atoms. The minimum atomic E-state index is -0.819. The lowest BCUT2D eigenvalue weighted by Gasteiger charge is -2.19. The summed E-state index contributed by atoms with van der Waals surface area (Å²) in [6.45, 7) is 0. The summed E-state index contributed by atoms with van der Waals surface area (Å²) < 4.78 is 0. The standard InChI is InChI=1S/C22H19N3O4/c26-21(17-9-5-2-6-10-17)24-20(15-16-7-3-1-4-8-16)22(27)23-18-11-13-19(14-12-18)25(28)29/h1-14,20H,15H2,(H,23,27)(H,24,26)/t20-/m0/s1. The Labute approximate surface area is 167 Å². The van der Waals surface area contributed by atoms with Crippen LogP contribution in [0.5, 0.6) is 0 Å². The molecule has 29 heavy (non-hydrogen) atoms. The number of benzene rings is 3. The quantitative estimate of drug-likeness (QED) is 0.476. The van der Waals surface area contributed by atoms with Crippen LogP contribution >= 0.6 is 0 Å². The van der Waals surface area contributed by atoms with Crippen molar-refractivity contribution in [1.29, 1.82) is 0 Å². The van der Waals surface area contributed by atoms with Crippen molar-refractivity contribution in [2.75, 3.05) is 5.32 Å². The number of amides is 2. The summed E-state index contributed by atoms with van der Waals surface area (Å²) in [6.07, 6.45) is 0.304. The third-order valence-corrected chi connectivity index (χ3v) is 4.29. The maximum atomic E-state index is 12.8. The molecule has 0 saturated heterocycles. The lowest BCUT2D eigenvalue weighted by Crippen LogP contribution is -2.45. The second kappa shape index (κ2) is 9.27. The van der Waals surface area contributed by atoms with Crippen molar-refractivity contribution in [3.05, 3.63) is 106 Å². The summed E-state index contributed by atoms with van der Waals surface area (Å²) in [5.74, 6) is -0.766. The first-order chi connectivity index (χ1) is 14.0. The predicted molar refractivity (Wildman–Crippen MR) is 110 cm³/mol. The van der Waals surface area contributed by atoms with E-state index in [1.807, 2.05) is 30.3 Å². The molecule has 0 aliphatic rings. The molecule has 1 atom stereocenters. The first kappa shape index (κ1) is 19.8. The van der Waals surface area contributed by atoms with Crippen LogP contribution in [0.1, 0.15) is 15.9 Å². The van der Waals surface area contributed by atoms with E-state index in [4.69, 9.17) is 0 Å². The summed E-state index contributed by atoms with van der Waals surface area (Å²) in [4.78, 5) is 35.7. The molecule has 0 aromatic heterocycles. The van der Waals surface area contributed by atoms with Crippen molar-refractivity contribution in [3.63, 3.8) is 0 Å². The number of anilines is 1. The lowest BCUT2D eigenvalue weighted by atomic mass is 10.0. The van der Waals surface area contributed by atoms with Crippen LogP contribution in [-0.2, 0) is 11.2 Å². The van der Waals surface area contributed by atoms with E-state index >= 15 is 0 Å². The Kier molecular flexibility index (Phi) is 6.32. The summed E-state index contributed by atoms with van der Waals surface area (Å²) in [5, 5.41) is 16.3. The number of nitrogens with zero attached hydrogens (tertiary/aromatic N) is 1. The maximum absolute atomic E-state index is 12.8. The van der Waals surface area contributed by atoms with Gasteiger partial charge in [-0.25, -0.2) is 0 Å². The normalized spacial score (nSPS) is 11.3. The topological polar surface area (TPSA) is 101 Å². The van der Waals surface area contributed by atoms with E-state index in [1.54, 1.807) is 30.3 Å². The van der Waals surface area contributed by atoms with Gasteiger partial charge in [0.05, 0.1) is 4.92 Å². The Balaban J connectivity index is 1.76. The van der Waals surface area contributed by atoms with Crippen LogP contribution in [0.4, 0.5) is 11.4 Å². The zero-order chi connectivity index (χ0) is 20.6. The molecule has 7 nitrogen and oxygen atoms in total. The molecule has 0 saturated carbocycles. The van der Waals surface area contributed by atoms with Gasteiger partial charge in [0.25, 0.3) is 11.6 Å². The Morgan fingerprint density at radius 1 is 0.862 bits per heavy atom. The largest absolute Gasteiger partial charge is 0.340 e. The highest BCUT2D eigenvalue weighted by molar-refractivity contribution is 6.01. The minimum Gasteiger partial charge on any atom is -0.340 e. The SMILES string of the molecule is O=C(N[C@@H](Cc1ccccc1)C(=O)Nc1ccc([N+](=O)[O-])cc1)c1ccccc1. The summed E-state index contributed by atoms with van der Waals surface area (Å²) in [7, 11) is 0. The number of carbonyl (C=O) groups is 2. The van der Waals surface area contributed by atoms with Crippen molar-refractivity contribution in [2.24, 2.45) is 0 Å². The highest BCUT2D eigenvalue weighted by Gasteiger charge is 2.22. The van der Waals surface area contributed by atoms with Crippen LogP contribution in [-0.4, -0.2) is 22.8 Å². The molecule has 2 N–H and O–H groups in total. The monoisotopic (exact) mass is 389 g/mol. The molecule has 2 amide bonds. The summed E-state index contributed by atoms with van der Waals surface area (Å²) in [5.41, 5.74) is 1.69. The second-order valence-corrected chi connectivity index (χ2v) is 6.38. The van der Waals surface area contributed by atoms with Gasteiger partial charge in [-0.1, -0.05) is 48.5 Å². The van der Waals surface area contributed by atoms with Gasteiger partial charge in [0.2, 0.25) is 5.91 Å². The van der Waals surface area contributed by atoms with E-state index in [-0.39, 0.29) is 11.6 Å². The number of hydrogen-bond acceptors (Lipinski definition) is 4. The molecule has 0 spiro atoms.